The van der Waals surface area contributed by atoms with E-state index in [4.69, 9.17) is 32.7 Å². The van der Waals surface area contributed by atoms with Crippen molar-refractivity contribution in [3.63, 3.8) is 0 Å². The first-order chi connectivity index (χ1) is 13.1. The summed E-state index contributed by atoms with van der Waals surface area (Å²) in [4.78, 5) is 29.0. The molecule has 2 heterocycles. The van der Waals surface area contributed by atoms with E-state index in [-0.39, 0.29) is 23.6 Å². The number of halogens is 2. The molecule has 27 heavy (non-hydrogen) atoms. The number of nitrogens with zero attached hydrogens (tertiary/aromatic N) is 2. The molecule has 2 aromatic carbocycles. The summed E-state index contributed by atoms with van der Waals surface area (Å²) >= 11 is 12.1. The molecule has 2 aliphatic rings. The average Bonchev–Trinajstić information content (AvgIpc) is 3.18. The number of hydrogen-bond donors (Lipinski definition) is 0. The number of hydrogen-bond acceptors (Lipinski definition) is 4. The molecule has 2 aromatic rings. The minimum absolute atomic E-state index is 0.113. The molecule has 8 heteroatoms. The van der Waals surface area contributed by atoms with E-state index in [0.717, 1.165) is 0 Å². The lowest BCUT2D eigenvalue weighted by Gasteiger charge is -2.35. The van der Waals surface area contributed by atoms with Crippen LogP contribution in [0, 0.1) is 0 Å². The van der Waals surface area contributed by atoms with E-state index in [2.05, 4.69) is 0 Å². The van der Waals surface area contributed by atoms with Crippen LogP contribution in [-0.4, -0.2) is 54.6 Å². The normalized spacial score (nSPS) is 15.8. The number of ether oxygens (including phenoxy) is 2. The van der Waals surface area contributed by atoms with Gasteiger partial charge in [0, 0.05) is 26.2 Å². The predicted octanol–water partition coefficient (Wildman–Crippen LogP) is 3.32. The molecule has 0 atom stereocenters. The highest BCUT2D eigenvalue weighted by Gasteiger charge is 2.30. The Morgan fingerprint density at radius 1 is 0.815 bits per heavy atom. The Kier molecular flexibility index (Phi) is 4.85. The maximum absolute atomic E-state index is 12.9. The lowest BCUT2D eigenvalue weighted by Crippen LogP contribution is -2.50. The van der Waals surface area contributed by atoms with Crippen LogP contribution in [0.1, 0.15) is 20.7 Å². The summed E-state index contributed by atoms with van der Waals surface area (Å²) in [5.41, 5.74) is 0.845. The first-order valence-corrected chi connectivity index (χ1v) is 9.23. The molecule has 2 aliphatic heterocycles. The second kappa shape index (κ2) is 7.29. The number of rotatable bonds is 2. The Balaban J connectivity index is 1.45. The third kappa shape index (κ3) is 3.31. The highest BCUT2D eigenvalue weighted by atomic mass is 35.5. The largest absolute Gasteiger partial charge is 0.454 e. The van der Waals surface area contributed by atoms with Crippen molar-refractivity contribution in [3.05, 3.63) is 57.6 Å². The molecular formula is C19H16Cl2N2O4. The molecule has 140 valence electrons. The molecule has 0 radical (unpaired) electrons. The maximum Gasteiger partial charge on any atom is 0.257 e. The van der Waals surface area contributed by atoms with Crippen molar-refractivity contribution in [2.45, 2.75) is 0 Å². The Hall–Kier alpha value is -2.44. The summed E-state index contributed by atoms with van der Waals surface area (Å²) in [6.07, 6.45) is 0. The van der Waals surface area contributed by atoms with Gasteiger partial charge in [-0.3, -0.25) is 9.59 Å². The highest BCUT2D eigenvalue weighted by molar-refractivity contribution is 6.43. The zero-order valence-electron chi connectivity index (χ0n) is 14.3. The summed E-state index contributed by atoms with van der Waals surface area (Å²) in [7, 11) is 0. The molecule has 1 saturated heterocycles. The van der Waals surface area contributed by atoms with E-state index in [1.165, 1.54) is 0 Å². The molecule has 6 nitrogen and oxygen atoms in total. The van der Waals surface area contributed by atoms with Crippen LogP contribution in [0.15, 0.2) is 36.4 Å². The first-order valence-electron chi connectivity index (χ1n) is 8.47. The Labute approximate surface area is 166 Å². The zero-order valence-corrected chi connectivity index (χ0v) is 15.8. The first kappa shape index (κ1) is 17.9. The van der Waals surface area contributed by atoms with E-state index in [1.807, 2.05) is 0 Å². The SMILES string of the molecule is O=C(c1cccc(Cl)c1Cl)N1CCN(C(=O)c2cccc3c2OCO3)CC1. The van der Waals surface area contributed by atoms with Gasteiger partial charge >= 0.3 is 0 Å². The number of para-hydroxylation sites is 1. The van der Waals surface area contributed by atoms with Crippen LogP contribution in [0.2, 0.25) is 10.0 Å². The lowest BCUT2D eigenvalue weighted by molar-refractivity contribution is 0.0533. The molecular weight excluding hydrogens is 391 g/mol. The molecule has 0 bridgehead atoms. The van der Waals surface area contributed by atoms with Gasteiger partial charge in [0.05, 0.1) is 21.2 Å². The minimum Gasteiger partial charge on any atom is -0.454 e. The smallest absolute Gasteiger partial charge is 0.257 e. The van der Waals surface area contributed by atoms with Gasteiger partial charge in [-0.15, -0.1) is 0 Å². The van der Waals surface area contributed by atoms with Crippen LogP contribution >= 0.6 is 23.2 Å². The standard InChI is InChI=1S/C19H16Cl2N2O4/c20-14-5-1-3-12(16(14)21)18(24)22-7-9-23(10-8-22)19(25)13-4-2-6-15-17(13)27-11-26-15/h1-6H,7-11H2. The monoisotopic (exact) mass is 406 g/mol. The molecule has 1 fully saturated rings. The van der Waals surface area contributed by atoms with Gasteiger partial charge in [0.25, 0.3) is 11.8 Å². The van der Waals surface area contributed by atoms with Gasteiger partial charge in [-0.25, -0.2) is 0 Å². The van der Waals surface area contributed by atoms with Crippen molar-refractivity contribution < 1.29 is 19.1 Å². The van der Waals surface area contributed by atoms with Crippen LogP contribution in [0.25, 0.3) is 0 Å². The topological polar surface area (TPSA) is 59.1 Å². The summed E-state index contributed by atoms with van der Waals surface area (Å²) in [5.74, 6) is 0.731. The molecule has 0 saturated carbocycles. The number of carbonyl (C=O) groups is 2. The van der Waals surface area contributed by atoms with E-state index in [1.54, 1.807) is 46.2 Å². The third-order valence-electron chi connectivity index (χ3n) is 4.66. The van der Waals surface area contributed by atoms with E-state index in [9.17, 15) is 9.59 Å². The lowest BCUT2D eigenvalue weighted by atomic mass is 10.1. The zero-order chi connectivity index (χ0) is 19.0. The quantitative estimate of drug-likeness (QED) is 0.767. The highest BCUT2D eigenvalue weighted by Crippen LogP contribution is 2.36. The van der Waals surface area contributed by atoms with Crippen molar-refractivity contribution in [1.82, 2.24) is 9.80 Å². The number of piperazine rings is 1. The van der Waals surface area contributed by atoms with Gasteiger partial charge in [0.2, 0.25) is 6.79 Å². The van der Waals surface area contributed by atoms with E-state index in [0.29, 0.717) is 53.8 Å². The van der Waals surface area contributed by atoms with Crippen LogP contribution in [0.5, 0.6) is 11.5 Å². The fraction of sp³-hybridized carbons (Fsp3) is 0.263. The van der Waals surface area contributed by atoms with Gasteiger partial charge in [-0.1, -0.05) is 35.3 Å². The number of benzene rings is 2. The summed E-state index contributed by atoms with van der Waals surface area (Å²) in [6.45, 7) is 1.79. The van der Waals surface area contributed by atoms with Crippen molar-refractivity contribution >= 4 is 35.0 Å². The van der Waals surface area contributed by atoms with Crippen molar-refractivity contribution in [2.75, 3.05) is 33.0 Å². The minimum atomic E-state index is -0.188. The van der Waals surface area contributed by atoms with E-state index >= 15 is 0 Å². The Morgan fingerprint density at radius 2 is 1.41 bits per heavy atom. The summed E-state index contributed by atoms with van der Waals surface area (Å²) < 4.78 is 10.7. The molecule has 0 aliphatic carbocycles. The fourth-order valence-electron chi connectivity index (χ4n) is 3.22. The van der Waals surface area contributed by atoms with Crippen molar-refractivity contribution in [3.8, 4) is 11.5 Å². The van der Waals surface area contributed by atoms with Gasteiger partial charge in [-0.05, 0) is 24.3 Å². The Bertz CT molecular complexity index is 911. The van der Waals surface area contributed by atoms with Gasteiger partial charge in [0.15, 0.2) is 11.5 Å². The second-order valence-electron chi connectivity index (χ2n) is 6.23. The number of carbonyl (C=O) groups excluding carboxylic acids is 2. The van der Waals surface area contributed by atoms with E-state index < -0.39 is 0 Å². The summed E-state index contributed by atoms with van der Waals surface area (Å²) in [6, 6.07) is 10.2. The average molecular weight is 407 g/mol. The fourth-order valence-corrected chi connectivity index (χ4v) is 3.60. The van der Waals surface area contributed by atoms with Crippen LogP contribution in [-0.2, 0) is 0 Å². The molecule has 0 aromatic heterocycles. The molecule has 0 spiro atoms. The maximum atomic E-state index is 12.9. The molecule has 2 amide bonds. The molecule has 0 unspecified atom stereocenters. The molecule has 0 N–H and O–H groups in total. The van der Waals surface area contributed by atoms with Crippen LogP contribution in [0.3, 0.4) is 0 Å². The Morgan fingerprint density at radius 3 is 2.11 bits per heavy atom. The number of fused-ring (bicyclic) bond motifs is 1. The van der Waals surface area contributed by atoms with Gasteiger partial charge in [-0.2, -0.15) is 0 Å². The summed E-state index contributed by atoms with van der Waals surface area (Å²) in [5, 5.41) is 0.594. The number of amides is 2. The molecule has 4 rings (SSSR count). The van der Waals surface area contributed by atoms with Crippen molar-refractivity contribution in [1.29, 1.82) is 0 Å². The van der Waals surface area contributed by atoms with Crippen molar-refractivity contribution in [2.24, 2.45) is 0 Å². The third-order valence-corrected chi connectivity index (χ3v) is 5.48. The predicted molar refractivity (Wildman–Crippen MR) is 101 cm³/mol. The van der Waals surface area contributed by atoms with Crippen LogP contribution in [0.4, 0.5) is 0 Å². The van der Waals surface area contributed by atoms with Crippen LogP contribution < -0.4 is 9.47 Å². The van der Waals surface area contributed by atoms with Gasteiger partial charge in [0.1, 0.15) is 0 Å². The van der Waals surface area contributed by atoms with Gasteiger partial charge < -0.3 is 19.3 Å². The second-order valence-corrected chi connectivity index (χ2v) is 7.01.